The van der Waals surface area contributed by atoms with Crippen LogP contribution in [0, 0.1) is 0 Å². The minimum atomic E-state index is 0.418. The van der Waals surface area contributed by atoms with Crippen molar-refractivity contribution in [2.45, 2.75) is 18.1 Å². The predicted molar refractivity (Wildman–Crippen MR) is 93.9 cm³/mol. The highest BCUT2D eigenvalue weighted by Crippen LogP contribution is 2.39. The third-order valence-electron chi connectivity index (χ3n) is 3.72. The highest BCUT2D eigenvalue weighted by atomic mass is 35.5. The summed E-state index contributed by atoms with van der Waals surface area (Å²) in [5.74, 6) is 2.82. The molecule has 2 N–H and O–H groups in total. The van der Waals surface area contributed by atoms with Crippen molar-refractivity contribution in [3.8, 4) is 0 Å². The van der Waals surface area contributed by atoms with Crippen LogP contribution >= 0.6 is 23.4 Å². The quantitative estimate of drug-likeness (QED) is 0.701. The minimum Gasteiger partial charge on any atom is -0.299 e. The molecule has 1 aromatic carbocycles. The fourth-order valence-corrected chi connectivity index (χ4v) is 4.08. The maximum absolute atomic E-state index is 5.99. The average molecular weight is 347 g/mol. The maximum atomic E-state index is 5.99. The van der Waals surface area contributed by atoms with Crippen LogP contribution in [0.5, 0.6) is 0 Å². The second kappa shape index (κ2) is 6.25. The van der Waals surface area contributed by atoms with Crippen molar-refractivity contribution in [3.63, 3.8) is 0 Å². The molecule has 1 aliphatic rings. The van der Waals surface area contributed by atoms with Crippen LogP contribution in [0.25, 0.3) is 5.65 Å². The van der Waals surface area contributed by atoms with E-state index in [1.165, 1.54) is 12.2 Å². The number of nitrogens with zero attached hydrogens (tertiary/aromatic N) is 4. The van der Waals surface area contributed by atoms with E-state index >= 15 is 0 Å². The van der Waals surface area contributed by atoms with Gasteiger partial charge >= 0.3 is 0 Å². The molecule has 0 unspecified atom stereocenters. The lowest BCUT2D eigenvalue weighted by Crippen LogP contribution is -2.11. The third-order valence-corrected chi connectivity index (χ3v) is 5.33. The van der Waals surface area contributed by atoms with Gasteiger partial charge in [-0.3, -0.25) is 15.3 Å². The number of halogens is 1. The van der Waals surface area contributed by atoms with Crippen LogP contribution in [0.1, 0.15) is 23.9 Å². The van der Waals surface area contributed by atoms with Gasteiger partial charge in [0, 0.05) is 17.4 Å². The molecule has 3 aromatic rings. The molecule has 0 radical (unpaired) electrons. The predicted octanol–water partition coefficient (Wildman–Crippen LogP) is 3.78. The molecule has 1 atom stereocenters. The van der Waals surface area contributed by atoms with Gasteiger partial charge in [0.1, 0.15) is 0 Å². The summed E-state index contributed by atoms with van der Waals surface area (Å²) in [6.07, 6.45) is 6.05. The van der Waals surface area contributed by atoms with Crippen molar-refractivity contribution in [1.29, 1.82) is 0 Å². The van der Waals surface area contributed by atoms with E-state index in [0.29, 0.717) is 21.7 Å². The molecule has 0 bridgehead atoms. The number of hydrazine groups is 1. The molecule has 0 amide bonds. The Kier molecular flexibility index (Phi) is 3.97. The SMILES string of the molecule is Clc1cccc(NNc2nccn3c([C@@H]4CCCS4)nnc23)c1. The molecule has 6 nitrogen and oxygen atoms in total. The van der Waals surface area contributed by atoms with Crippen molar-refractivity contribution in [1.82, 2.24) is 19.6 Å². The lowest BCUT2D eigenvalue weighted by molar-refractivity contribution is 0.765. The second-order valence-corrected chi connectivity index (χ2v) is 7.04. The monoisotopic (exact) mass is 346 g/mol. The smallest absolute Gasteiger partial charge is 0.205 e. The Balaban J connectivity index is 1.60. The number of rotatable bonds is 4. The molecule has 1 saturated heterocycles. The summed E-state index contributed by atoms with van der Waals surface area (Å²) < 4.78 is 2.01. The lowest BCUT2D eigenvalue weighted by Gasteiger charge is -2.10. The van der Waals surface area contributed by atoms with Gasteiger partial charge in [0.15, 0.2) is 11.6 Å². The first-order valence-electron chi connectivity index (χ1n) is 7.40. The zero-order valence-corrected chi connectivity index (χ0v) is 13.8. The van der Waals surface area contributed by atoms with Gasteiger partial charge in [0.2, 0.25) is 5.65 Å². The largest absolute Gasteiger partial charge is 0.299 e. The van der Waals surface area contributed by atoms with E-state index in [1.54, 1.807) is 6.20 Å². The molecular weight excluding hydrogens is 332 g/mol. The maximum Gasteiger partial charge on any atom is 0.205 e. The van der Waals surface area contributed by atoms with Crippen LogP contribution in [-0.2, 0) is 0 Å². The van der Waals surface area contributed by atoms with Crippen molar-refractivity contribution >= 4 is 40.5 Å². The first kappa shape index (κ1) is 14.6. The van der Waals surface area contributed by atoms with E-state index in [0.717, 1.165) is 17.9 Å². The first-order chi connectivity index (χ1) is 11.3. The van der Waals surface area contributed by atoms with Crippen LogP contribution in [0.15, 0.2) is 36.7 Å². The Hall–Kier alpha value is -1.99. The summed E-state index contributed by atoms with van der Waals surface area (Å²) in [4.78, 5) is 4.35. The number of aromatic nitrogens is 4. The molecule has 3 heterocycles. The summed E-state index contributed by atoms with van der Waals surface area (Å²) in [6, 6.07) is 7.46. The van der Waals surface area contributed by atoms with Gasteiger partial charge in [-0.05, 0) is 36.8 Å². The van der Waals surface area contributed by atoms with E-state index in [1.807, 2.05) is 46.6 Å². The van der Waals surface area contributed by atoms with Gasteiger partial charge in [-0.2, -0.15) is 11.8 Å². The number of hydrogen-bond acceptors (Lipinski definition) is 6. The molecule has 0 saturated carbocycles. The van der Waals surface area contributed by atoms with E-state index in [9.17, 15) is 0 Å². The van der Waals surface area contributed by atoms with Gasteiger partial charge in [-0.15, -0.1) is 10.2 Å². The molecule has 23 heavy (non-hydrogen) atoms. The molecule has 0 spiro atoms. The highest BCUT2D eigenvalue weighted by molar-refractivity contribution is 7.99. The van der Waals surface area contributed by atoms with Gasteiger partial charge in [-0.1, -0.05) is 17.7 Å². The average Bonchev–Trinajstić information content (AvgIpc) is 3.22. The zero-order chi connectivity index (χ0) is 15.6. The number of anilines is 2. The van der Waals surface area contributed by atoms with Gasteiger partial charge < -0.3 is 0 Å². The Morgan fingerprint density at radius 3 is 3.04 bits per heavy atom. The standard InChI is InChI=1S/C15H15ClN6S/c16-10-3-1-4-11(9-10)18-19-13-15-21-20-14(12-5-2-8-23-12)22(15)7-6-17-13/h1,3-4,6-7,9,12,18H,2,5,8H2,(H,17,19)/t12-/m0/s1. The normalized spacial score (nSPS) is 17.5. The first-order valence-corrected chi connectivity index (χ1v) is 8.83. The number of fused-ring (bicyclic) bond motifs is 1. The van der Waals surface area contributed by atoms with Crippen LogP contribution in [-0.4, -0.2) is 25.3 Å². The second-order valence-electron chi connectivity index (χ2n) is 5.29. The molecule has 8 heteroatoms. The van der Waals surface area contributed by atoms with Gasteiger partial charge in [-0.25, -0.2) is 4.98 Å². The summed E-state index contributed by atoms with van der Waals surface area (Å²) in [5, 5.41) is 9.76. The van der Waals surface area contributed by atoms with Crippen molar-refractivity contribution < 1.29 is 0 Å². The van der Waals surface area contributed by atoms with Crippen LogP contribution in [0.2, 0.25) is 5.02 Å². The Morgan fingerprint density at radius 2 is 2.22 bits per heavy atom. The lowest BCUT2D eigenvalue weighted by atomic mass is 10.2. The summed E-state index contributed by atoms with van der Waals surface area (Å²) in [7, 11) is 0. The van der Waals surface area contributed by atoms with Gasteiger partial charge in [0.05, 0.1) is 10.9 Å². The number of hydrogen-bond donors (Lipinski definition) is 2. The van der Waals surface area contributed by atoms with Crippen LogP contribution < -0.4 is 10.9 Å². The summed E-state index contributed by atoms with van der Waals surface area (Å²) in [5.41, 5.74) is 7.74. The molecule has 0 aliphatic carbocycles. The third kappa shape index (κ3) is 2.94. The molecular formula is C15H15ClN6S. The van der Waals surface area contributed by atoms with Crippen molar-refractivity contribution in [2.24, 2.45) is 0 Å². The van der Waals surface area contributed by atoms with Crippen molar-refractivity contribution in [3.05, 3.63) is 47.5 Å². The Morgan fingerprint density at radius 1 is 1.26 bits per heavy atom. The van der Waals surface area contributed by atoms with E-state index < -0.39 is 0 Å². The number of nitrogens with one attached hydrogen (secondary N) is 2. The fourth-order valence-electron chi connectivity index (χ4n) is 2.63. The van der Waals surface area contributed by atoms with Crippen LogP contribution in [0.4, 0.5) is 11.5 Å². The highest BCUT2D eigenvalue weighted by Gasteiger charge is 2.23. The molecule has 2 aromatic heterocycles. The fraction of sp³-hybridized carbons (Fsp3) is 0.267. The molecule has 4 rings (SSSR count). The minimum absolute atomic E-state index is 0.418. The molecule has 118 valence electrons. The summed E-state index contributed by atoms with van der Waals surface area (Å²) in [6.45, 7) is 0. The number of benzene rings is 1. The van der Waals surface area contributed by atoms with Crippen molar-refractivity contribution in [2.75, 3.05) is 16.6 Å². The number of thioether (sulfide) groups is 1. The topological polar surface area (TPSA) is 67.1 Å². The Bertz CT molecular complexity index is 830. The van der Waals surface area contributed by atoms with E-state index in [2.05, 4.69) is 26.0 Å². The van der Waals surface area contributed by atoms with E-state index in [-0.39, 0.29) is 0 Å². The zero-order valence-electron chi connectivity index (χ0n) is 12.2. The summed E-state index contributed by atoms with van der Waals surface area (Å²) >= 11 is 7.92. The molecule has 1 fully saturated rings. The Labute approximate surface area is 142 Å². The molecule has 1 aliphatic heterocycles. The van der Waals surface area contributed by atoms with Crippen LogP contribution in [0.3, 0.4) is 0 Å². The van der Waals surface area contributed by atoms with Gasteiger partial charge in [0.25, 0.3) is 0 Å². The van der Waals surface area contributed by atoms with E-state index in [4.69, 9.17) is 11.6 Å².